The van der Waals surface area contributed by atoms with E-state index in [9.17, 15) is 13.6 Å². The monoisotopic (exact) mass is 559 g/mol. The number of nitrogens with zero attached hydrogens (tertiary/aromatic N) is 7. The topological polar surface area (TPSA) is 112 Å². The quantitative estimate of drug-likeness (QED) is 0.341. The van der Waals surface area contributed by atoms with Gasteiger partial charge in [0, 0.05) is 45.2 Å². The van der Waals surface area contributed by atoms with Crippen LogP contribution in [0.1, 0.15) is 60.1 Å². The molecule has 1 unspecified atom stereocenters. The number of pyridine rings is 1. The molecule has 0 radical (unpaired) electrons. The van der Waals surface area contributed by atoms with Crippen LogP contribution in [0.3, 0.4) is 0 Å². The zero-order chi connectivity index (χ0) is 30.0. The summed E-state index contributed by atoms with van der Waals surface area (Å²) in [5.74, 6) is -2.28. The molecule has 1 fully saturated rings. The summed E-state index contributed by atoms with van der Waals surface area (Å²) < 4.78 is 27.8. The number of hydrogen-bond donors (Lipinski definition) is 2. The number of piperidine rings is 1. The van der Waals surface area contributed by atoms with Gasteiger partial charge in [0.1, 0.15) is 11.2 Å². The maximum absolute atomic E-state index is 13.0. The number of rotatable bonds is 5. The van der Waals surface area contributed by atoms with Gasteiger partial charge in [0.05, 0.1) is 24.0 Å². The van der Waals surface area contributed by atoms with E-state index in [2.05, 4.69) is 44.8 Å². The van der Waals surface area contributed by atoms with Gasteiger partial charge in [0.15, 0.2) is 5.82 Å². The molecule has 4 rings (SSSR count). The van der Waals surface area contributed by atoms with Gasteiger partial charge in [-0.05, 0) is 45.4 Å². The minimum atomic E-state index is -2.70. The summed E-state index contributed by atoms with van der Waals surface area (Å²) in [5, 5.41) is 19.0. The second-order valence-electron chi connectivity index (χ2n) is 10.0. The molecule has 1 aliphatic rings. The minimum absolute atomic E-state index is 0.159. The number of aryl methyl sites for hydroxylation is 1. The van der Waals surface area contributed by atoms with Gasteiger partial charge in [-0.1, -0.05) is 27.2 Å². The van der Waals surface area contributed by atoms with E-state index in [4.69, 9.17) is 4.98 Å². The van der Waals surface area contributed by atoms with Gasteiger partial charge < -0.3 is 15.5 Å². The third-order valence-corrected chi connectivity index (χ3v) is 6.10. The molecule has 0 spiro atoms. The van der Waals surface area contributed by atoms with Gasteiger partial charge in [-0.15, -0.1) is 5.10 Å². The molecule has 2 N–H and O–H groups in total. The van der Waals surface area contributed by atoms with Crippen molar-refractivity contribution in [2.75, 3.05) is 37.8 Å². The molecule has 1 saturated heterocycles. The number of anilines is 2. The SMILES string of the molecule is CC(=O)N1CCC(C)C(F)(F)C1.CCC.CNc1nc(NC)c2c(-c3ccc(N=NC(C)C)c(C)n3)ccn2n1. The highest BCUT2D eigenvalue weighted by Crippen LogP contribution is 2.32. The molecular weight excluding hydrogens is 516 g/mol. The van der Waals surface area contributed by atoms with Crippen molar-refractivity contribution in [1.29, 1.82) is 0 Å². The molecule has 3 aromatic rings. The second-order valence-corrected chi connectivity index (χ2v) is 10.0. The Morgan fingerprint density at radius 2 is 1.85 bits per heavy atom. The van der Waals surface area contributed by atoms with Gasteiger partial charge in [0.25, 0.3) is 5.92 Å². The van der Waals surface area contributed by atoms with E-state index >= 15 is 0 Å². The van der Waals surface area contributed by atoms with E-state index in [1.165, 1.54) is 25.2 Å². The zero-order valence-corrected chi connectivity index (χ0v) is 25.1. The van der Waals surface area contributed by atoms with Crippen LogP contribution in [0, 0.1) is 12.8 Å². The number of halogens is 2. The second kappa shape index (κ2) is 14.6. The van der Waals surface area contributed by atoms with Crippen molar-refractivity contribution < 1.29 is 13.6 Å². The van der Waals surface area contributed by atoms with Gasteiger partial charge in [-0.2, -0.15) is 15.2 Å². The van der Waals surface area contributed by atoms with Crippen molar-refractivity contribution >= 4 is 28.9 Å². The van der Waals surface area contributed by atoms with Crippen LogP contribution in [-0.2, 0) is 4.79 Å². The van der Waals surface area contributed by atoms with Crippen molar-refractivity contribution in [3.63, 3.8) is 0 Å². The molecule has 0 aromatic carbocycles. The van der Waals surface area contributed by atoms with Crippen LogP contribution in [0.2, 0.25) is 0 Å². The van der Waals surface area contributed by atoms with Crippen LogP contribution >= 0.6 is 0 Å². The fraction of sp³-hybridized carbons (Fsp3) is 0.571. The first-order valence-electron chi connectivity index (χ1n) is 13.6. The Hall–Kier alpha value is -3.70. The van der Waals surface area contributed by atoms with E-state index in [0.29, 0.717) is 18.9 Å². The molecule has 0 aliphatic carbocycles. The lowest BCUT2D eigenvalue weighted by Gasteiger charge is -2.36. The lowest BCUT2D eigenvalue weighted by atomic mass is 9.95. The van der Waals surface area contributed by atoms with E-state index in [-0.39, 0.29) is 11.9 Å². The van der Waals surface area contributed by atoms with Crippen molar-refractivity contribution in [2.45, 2.75) is 73.3 Å². The lowest BCUT2D eigenvalue weighted by Crippen LogP contribution is -2.49. The molecule has 1 amide bonds. The standard InChI is InChI=1S/C17H22N8.C8H13F2NO.C3H8/c1-10(2)22-23-13-6-7-14(20-11(13)3)12-8-9-25-15(12)16(18-4)21-17(19-5)24-25;1-6-3-4-11(7(2)12)5-8(6,9)10;1-3-2/h6-10H,1-5H3,(H2,18,19,21,24);6H,3-5H2,1-2H3;3H2,1-2H3. The Balaban J connectivity index is 0.000000312. The smallest absolute Gasteiger partial charge is 0.267 e. The zero-order valence-electron chi connectivity index (χ0n) is 25.1. The van der Waals surface area contributed by atoms with Crippen LogP contribution in [0.5, 0.6) is 0 Å². The highest BCUT2D eigenvalue weighted by molar-refractivity contribution is 5.87. The number of carbonyl (C=O) groups is 1. The number of azo groups is 1. The molecule has 4 heterocycles. The number of likely N-dealkylation sites (tertiary alicyclic amines) is 1. The Labute approximate surface area is 235 Å². The molecular formula is C28H43F2N9O. The molecule has 0 bridgehead atoms. The predicted molar refractivity (Wildman–Crippen MR) is 157 cm³/mol. The summed E-state index contributed by atoms with van der Waals surface area (Å²) >= 11 is 0. The molecule has 12 heteroatoms. The van der Waals surface area contributed by atoms with E-state index in [0.717, 1.165) is 34.0 Å². The summed E-state index contributed by atoms with van der Waals surface area (Å²) in [6.45, 7) is 13.1. The van der Waals surface area contributed by atoms with Gasteiger partial charge in [-0.3, -0.25) is 9.78 Å². The maximum Gasteiger partial charge on any atom is 0.267 e. The lowest BCUT2D eigenvalue weighted by molar-refractivity contribution is -0.146. The van der Waals surface area contributed by atoms with Crippen molar-refractivity contribution in [1.82, 2.24) is 24.5 Å². The fourth-order valence-electron chi connectivity index (χ4n) is 3.82. The van der Waals surface area contributed by atoms with Crippen LogP contribution in [0.25, 0.3) is 16.8 Å². The summed E-state index contributed by atoms with van der Waals surface area (Å²) in [5.41, 5.74) is 4.30. The number of carbonyl (C=O) groups excluding carboxylic acids is 1. The molecule has 1 atom stereocenters. The van der Waals surface area contributed by atoms with E-state index in [1.54, 1.807) is 11.6 Å². The summed E-state index contributed by atoms with van der Waals surface area (Å²) in [6.07, 6.45) is 3.55. The first-order chi connectivity index (χ1) is 18.9. The molecule has 220 valence electrons. The van der Waals surface area contributed by atoms with Gasteiger partial charge in [0.2, 0.25) is 11.9 Å². The van der Waals surface area contributed by atoms with Crippen molar-refractivity contribution in [3.05, 3.63) is 30.1 Å². The maximum atomic E-state index is 13.0. The van der Waals surface area contributed by atoms with Crippen molar-refractivity contribution in [2.24, 2.45) is 16.1 Å². The molecule has 10 nitrogen and oxygen atoms in total. The Morgan fingerprint density at radius 3 is 2.38 bits per heavy atom. The Bertz CT molecular complexity index is 1290. The number of fused-ring (bicyclic) bond motifs is 1. The average molecular weight is 560 g/mol. The highest BCUT2D eigenvalue weighted by atomic mass is 19.3. The number of hydrogen-bond acceptors (Lipinski definition) is 8. The van der Waals surface area contributed by atoms with Crippen LogP contribution < -0.4 is 10.6 Å². The van der Waals surface area contributed by atoms with E-state index < -0.39 is 18.4 Å². The van der Waals surface area contributed by atoms with E-state index in [1.807, 2.05) is 52.2 Å². The van der Waals surface area contributed by atoms with Crippen LogP contribution in [-0.4, -0.2) is 69.5 Å². The van der Waals surface area contributed by atoms with Crippen LogP contribution in [0.4, 0.5) is 26.2 Å². The molecule has 40 heavy (non-hydrogen) atoms. The molecule has 3 aromatic heterocycles. The predicted octanol–water partition coefficient (Wildman–Crippen LogP) is 6.60. The Kier molecular flexibility index (Phi) is 11.9. The highest BCUT2D eigenvalue weighted by Gasteiger charge is 2.42. The van der Waals surface area contributed by atoms with Gasteiger partial charge >= 0.3 is 0 Å². The summed E-state index contributed by atoms with van der Waals surface area (Å²) in [6, 6.07) is 6.03. The fourth-order valence-corrected chi connectivity index (χ4v) is 3.82. The number of amides is 1. The van der Waals surface area contributed by atoms with Crippen LogP contribution in [0.15, 0.2) is 34.6 Å². The first-order valence-corrected chi connectivity index (χ1v) is 13.6. The number of nitrogens with one attached hydrogen (secondary N) is 2. The Morgan fingerprint density at radius 1 is 1.18 bits per heavy atom. The van der Waals surface area contributed by atoms with Gasteiger partial charge in [-0.25, -0.2) is 13.3 Å². The minimum Gasteiger partial charge on any atom is -0.371 e. The van der Waals surface area contributed by atoms with Crippen molar-refractivity contribution in [3.8, 4) is 11.3 Å². The number of aromatic nitrogens is 4. The molecule has 0 saturated carbocycles. The third-order valence-electron chi connectivity index (χ3n) is 6.10. The average Bonchev–Trinajstić information content (AvgIpc) is 3.33. The summed E-state index contributed by atoms with van der Waals surface area (Å²) in [7, 11) is 3.63. The largest absolute Gasteiger partial charge is 0.371 e. The first kappa shape index (κ1) is 32.5. The third kappa shape index (κ3) is 8.40. The summed E-state index contributed by atoms with van der Waals surface area (Å²) in [4.78, 5) is 21.2. The normalized spacial score (nSPS) is 16.3. The number of alkyl halides is 2. The molecule has 1 aliphatic heterocycles.